The molecule has 0 aliphatic carbocycles. The minimum atomic E-state index is -4.84. The third kappa shape index (κ3) is 2.51. The third-order valence-electron chi connectivity index (χ3n) is 2.85. The summed E-state index contributed by atoms with van der Waals surface area (Å²) in [5.41, 5.74) is 4.69. The van der Waals surface area contributed by atoms with E-state index in [4.69, 9.17) is 15.9 Å². The molecule has 0 aliphatic heterocycles. The number of anilines is 1. The second-order valence-corrected chi connectivity index (χ2v) is 5.55. The van der Waals surface area contributed by atoms with Crippen LogP contribution in [0.3, 0.4) is 0 Å². The predicted octanol–water partition coefficient (Wildman–Crippen LogP) is 1.07. The Hall–Kier alpha value is -2.65. The summed E-state index contributed by atoms with van der Waals surface area (Å²) in [6.45, 7) is 0. The molecule has 0 aromatic heterocycles. The average Bonchev–Trinajstić information content (AvgIpc) is 2.36. The Balaban J connectivity index is 3.03. The van der Waals surface area contributed by atoms with Gasteiger partial charge in [0.2, 0.25) is 0 Å². The van der Waals surface area contributed by atoms with E-state index in [2.05, 4.69) is 0 Å². The number of nitrogen functional groups attached to an aromatic ring is 1. The van der Waals surface area contributed by atoms with Gasteiger partial charge in [-0.2, -0.15) is 8.42 Å². The first-order chi connectivity index (χ1) is 9.62. The summed E-state index contributed by atoms with van der Waals surface area (Å²) in [6, 6.07) is 4.14. The Morgan fingerprint density at radius 1 is 1.00 bits per heavy atom. The number of rotatable bonds is 3. The summed E-state index contributed by atoms with van der Waals surface area (Å²) in [5, 5.41) is 17.8. The SMILES string of the molecule is Nc1cc(C(=O)O)c(S(=O)(=O)O)c2ccc(C(=O)O)cc12. The lowest BCUT2D eigenvalue weighted by Crippen LogP contribution is -2.10. The van der Waals surface area contributed by atoms with Gasteiger partial charge in [-0.25, -0.2) is 9.59 Å². The Bertz CT molecular complexity index is 886. The highest BCUT2D eigenvalue weighted by atomic mass is 32.2. The van der Waals surface area contributed by atoms with Crippen LogP contribution in [0.1, 0.15) is 20.7 Å². The van der Waals surface area contributed by atoms with Gasteiger partial charge in [-0.15, -0.1) is 0 Å². The van der Waals surface area contributed by atoms with E-state index in [1.54, 1.807) is 0 Å². The van der Waals surface area contributed by atoms with Crippen LogP contribution in [0.15, 0.2) is 29.2 Å². The van der Waals surface area contributed by atoms with Crippen molar-refractivity contribution < 1.29 is 32.8 Å². The molecule has 0 saturated heterocycles. The number of nitrogens with two attached hydrogens (primary N) is 1. The van der Waals surface area contributed by atoms with Crippen LogP contribution in [0, 0.1) is 0 Å². The average molecular weight is 311 g/mol. The lowest BCUT2D eigenvalue weighted by atomic mass is 10.0. The molecule has 2 aromatic rings. The maximum absolute atomic E-state index is 11.4. The van der Waals surface area contributed by atoms with Gasteiger partial charge in [0.1, 0.15) is 4.90 Å². The van der Waals surface area contributed by atoms with Gasteiger partial charge in [-0.3, -0.25) is 4.55 Å². The summed E-state index contributed by atoms with van der Waals surface area (Å²) >= 11 is 0. The summed E-state index contributed by atoms with van der Waals surface area (Å²) in [7, 11) is -4.84. The van der Waals surface area contributed by atoms with Gasteiger partial charge in [0, 0.05) is 16.5 Å². The van der Waals surface area contributed by atoms with Crippen molar-refractivity contribution in [1.29, 1.82) is 0 Å². The number of benzene rings is 2. The zero-order valence-electron chi connectivity index (χ0n) is 10.3. The van der Waals surface area contributed by atoms with E-state index in [0.717, 1.165) is 24.3 Å². The first-order valence-corrected chi connectivity index (χ1v) is 6.87. The molecule has 0 bridgehead atoms. The van der Waals surface area contributed by atoms with Crippen molar-refractivity contribution in [1.82, 2.24) is 0 Å². The molecule has 2 aromatic carbocycles. The quantitative estimate of drug-likeness (QED) is 0.484. The van der Waals surface area contributed by atoms with Crippen LogP contribution in [0.25, 0.3) is 10.8 Å². The van der Waals surface area contributed by atoms with Gasteiger partial charge in [0.05, 0.1) is 11.1 Å². The second-order valence-electron chi connectivity index (χ2n) is 4.19. The minimum Gasteiger partial charge on any atom is -0.478 e. The number of fused-ring (bicyclic) bond motifs is 1. The number of carboxylic acids is 2. The molecule has 2 rings (SSSR count). The lowest BCUT2D eigenvalue weighted by Gasteiger charge is -2.11. The summed E-state index contributed by atoms with van der Waals surface area (Å²) in [4.78, 5) is 21.2. The molecule has 5 N–H and O–H groups in total. The van der Waals surface area contributed by atoms with Crippen molar-refractivity contribution in [2.24, 2.45) is 0 Å². The predicted molar refractivity (Wildman–Crippen MR) is 72.1 cm³/mol. The van der Waals surface area contributed by atoms with Gasteiger partial charge in [-0.05, 0) is 18.2 Å². The minimum absolute atomic E-state index is 0.0209. The molecule has 0 spiro atoms. The van der Waals surface area contributed by atoms with Crippen molar-refractivity contribution in [3.8, 4) is 0 Å². The topological polar surface area (TPSA) is 155 Å². The second kappa shape index (κ2) is 4.72. The van der Waals surface area contributed by atoms with Crippen molar-refractivity contribution in [3.05, 3.63) is 35.4 Å². The van der Waals surface area contributed by atoms with Crippen molar-refractivity contribution >= 4 is 38.5 Å². The fourth-order valence-corrected chi connectivity index (χ4v) is 2.87. The third-order valence-corrected chi connectivity index (χ3v) is 3.81. The van der Waals surface area contributed by atoms with Gasteiger partial charge in [-0.1, -0.05) is 6.07 Å². The molecular formula is C12H9NO7S. The van der Waals surface area contributed by atoms with E-state index >= 15 is 0 Å². The molecule has 0 amide bonds. The monoisotopic (exact) mass is 311 g/mol. The zero-order valence-corrected chi connectivity index (χ0v) is 11.1. The van der Waals surface area contributed by atoms with Crippen LogP contribution in [0.5, 0.6) is 0 Å². The van der Waals surface area contributed by atoms with Crippen molar-refractivity contribution in [2.75, 3.05) is 5.73 Å². The first kappa shape index (κ1) is 14.8. The summed E-state index contributed by atoms with van der Waals surface area (Å²) in [6.07, 6.45) is 0. The molecule has 0 aliphatic rings. The molecule has 8 nitrogen and oxygen atoms in total. The Kier molecular flexibility index (Phi) is 3.32. The van der Waals surface area contributed by atoms with Gasteiger partial charge in [0.15, 0.2) is 0 Å². The summed E-state index contributed by atoms with van der Waals surface area (Å²) in [5.74, 6) is -2.84. The molecule has 0 radical (unpaired) electrons. The number of hydrogen-bond acceptors (Lipinski definition) is 5. The van der Waals surface area contributed by atoms with E-state index in [9.17, 15) is 22.6 Å². The van der Waals surface area contributed by atoms with Crippen molar-refractivity contribution in [2.45, 2.75) is 4.90 Å². The normalized spacial score (nSPS) is 11.5. The van der Waals surface area contributed by atoms with Crippen LogP contribution in [-0.4, -0.2) is 35.1 Å². The van der Waals surface area contributed by atoms with Crippen molar-refractivity contribution in [3.63, 3.8) is 0 Å². The number of aromatic carboxylic acids is 2. The Morgan fingerprint density at radius 2 is 1.62 bits per heavy atom. The maximum Gasteiger partial charge on any atom is 0.337 e. The van der Waals surface area contributed by atoms with Crippen LogP contribution in [0.4, 0.5) is 5.69 Å². The molecule has 21 heavy (non-hydrogen) atoms. The van der Waals surface area contributed by atoms with E-state index in [-0.39, 0.29) is 22.0 Å². The highest BCUT2D eigenvalue weighted by Crippen LogP contribution is 2.32. The van der Waals surface area contributed by atoms with E-state index in [1.165, 1.54) is 0 Å². The van der Waals surface area contributed by atoms with Gasteiger partial charge in [0.25, 0.3) is 10.1 Å². The number of hydrogen-bond donors (Lipinski definition) is 4. The Morgan fingerprint density at radius 3 is 2.10 bits per heavy atom. The van der Waals surface area contributed by atoms with E-state index in [1.807, 2.05) is 0 Å². The Labute approximate surface area is 118 Å². The first-order valence-electron chi connectivity index (χ1n) is 5.43. The van der Waals surface area contributed by atoms with Crippen LogP contribution >= 0.6 is 0 Å². The van der Waals surface area contributed by atoms with Crippen LogP contribution < -0.4 is 5.73 Å². The zero-order chi connectivity index (χ0) is 15.9. The van der Waals surface area contributed by atoms with E-state index in [0.29, 0.717) is 0 Å². The molecule has 110 valence electrons. The lowest BCUT2D eigenvalue weighted by molar-refractivity contribution is 0.0683. The van der Waals surface area contributed by atoms with Gasteiger partial charge < -0.3 is 15.9 Å². The summed E-state index contributed by atoms with van der Waals surface area (Å²) < 4.78 is 32.1. The molecule has 0 unspecified atom stereocenters. The van der Waals surface area contributed by atoms with Gasteiger partial charge >= 0.3 is 11.9 Å². The number of carbonyl (C=O) groups is 2. The standard InChI is InChI=1S/C12H9NO7S/c13-9-4-8(12(16)17)10(21(18,19)20)6-2-1-5(11(14)15)3-7(6)9/h1-4H,13H2,(H,14,15)(H,16,17)(H,18,19,20). The maximum atomic E-state index is 11.4. The largest absolute Gasteiger partial charge is 0.478 e. The smallest absolute Gasteiger partial charge is 0.337 e. The molecule has 0 fully saturated rings. The molecular weight excluding hydrogens is 302 g/mol. The van der Waals surface area contributed by atoms with E-state index < -0.39 is 32.5 Å². The highest BCUT2D eigenvalue weighted by molar-refractivity contribution is 7.86. The molecule has 0 saturated carbocycles. The highest BCUT2D eigenvalue weighted by Gasteiger charge is 2.25. The number of carboxylic acid groups (broad SMARTS) is 2. The molecule has 9 heteroatoms. The molecule has 0 atom stereocenters. The fraction of sp³-hybridized carbons (Fsp3) is 0. The van der Waals surface area contributed by atoms with Crippen LogP contribution in [0.2, 0.25) is 0 Å². The van der Waals surface area contributed by atoms with Crippen LogP contribution in [-0.2, 0) is 10.1 Å². The fourth-order valence-electron chi connectivity index (χ4n) is 1.99. The molecule has 0 heterocycles.